The summed E-state index contributed by atoms with van der Waals surface area (Å²) in [7, 11) is 0. The number of hydrogen-bond donors (Lipinski definition) is 0. The molecule has 0 aliphatic heterocycles. The van der Waals surface area contributed by atoms with Crippen molar-refractivity contribution in [2.45, 2.75) is 19.3 Å². The molecule has 0 amide bonds. The molecular weight excluding hydrogens is 208 g/mol. The maximum Gasteiger partial charge on any atom is 0.0662 e. The smallest absolute Gasteiger partial charge is 0.0662 e. The Balaban J connectivity index is 1.72. The lowest BCUT2D eigenvalue weighted by atomic mass is 9.64. The molecule has 0 aromatic heterocycles. The predicted molar refractivity (Wildman–Crippen MR) is 62.1 cm³/mol. The molecule has 0 radical (unpaired) electrons. The fourth-order valence-corrected chi connectivity index (χ4v) is 5.74. The first-order chi connectivity index (χ1) is 8.35. The zero-order valence-electron chi connectivity index (χ0n) is 9.79. The molecule has 8 atom stereocenters. The van der Waals surface area contributed by atoms with Gasteiger partial charge in [0.2, 0.25) is 0 Å². The molecule has 4 aliphatic carbocycles. The molecule has 86 valence electrons. The molecule has 17 heavy (non-hydrogen) atoms. The van der Waals surface area contributed by atoms with Crippen molar-refractivity contribution in [2.24, 2.45) is 47.3 Å². The Morgan fingerprint density at radius 3 is 2.35 bits per heavy atom. The zero-order chi connectivity index (χ0) is 11.6. The highest BCUT2D eigenvalue weighted by Crippen LogP contribution is 2.68. The summed E-state index contributed by atoms with van der Waals surface area (Å²) < 4.78 is 0. The van der Waals surface area contributed by atoms with Crippen molar-refractivity contribution in [1.82, 2.24) is 0 Å². The van der Waals surface area contributed by atoms with Gasteiger partial charge < -0.3 is 0 Å². The molecule has 4 bridgehead atoms. The van der Waals surface area contributed by atoms with Gasteiger partial charge in [0.1, 0.15) is 0 Å². The van der Waals surface area contributed by atoms with Gasteiger partial charge >= 0.3 is 0 Å². The molecule has 0 N–H and O–H groups in total. The highest BCUT2D eigenvalue weighted by atomic mass is 14.7. The maximum absolute atomic E-state index is 9.40. The highest BCUT2D eigenvalue weighted by Gasteiger charge is 2.64. The summed E-state index contributed by atoms with van der Waals surface area (Å²) >= 11 is 0. The topological polar surface area (TPSA) is 47.6 Å². The second-order valence-electron chi connectivity index (χ2n) is 6.35. The number of rotatable bonds is 1. The quantitative estimate of drug-likeness (QED) is 0.508. The summed E-state index contributed by atoms with van der Waals surface area (Å²) in [5.41, 5.74) is 0. The Labute approximate surface area is 102 Å². The molecule has 2 nitrogen and oxygen atoms in total. The summed E-state index contributed by atoms with van der Waals surface area (Å²) in [6, 6.07) is 4.84. The summed E-state index contributed by atoms with van der Waals surface area (Å²) in [6.45, 7) is 0. The molecule has 2 heteroatoms. The Morgan fingerprint density at radius 2 is 1.71 bits per heavy atom. The summed E-state index contributed by atoms with van der Waals surface area (Å²) in [5, 5.41) is 18.4. The van der Waals surface area contributed by atoms with E-state index in [0.717, 1.165) is 23.7 Å². The van der Waals surface area contributed by atoms with E-state index >= 15 is 0 Å². The predicted octanol–water partition coefficient (Wildman–Crippen LogP) is 2.74. The van der Waals surface area contributed by atoms with E-state index < -0.39 is 0 Å². The van der Waals surface area contributed by atoms with Crippen LogP contribution in [0.1, 0.15) is 19.3 Å². The molecule has 0 spiro atoms. The van der Waals surface area contributed by atoms with Crippen molar-refractivity contribution in [3.8, 4) is 12.1 Å². The van der Waals surface area contributed by atoms with Gasteiger partial charge in [0, 0.05) is 6.42 Å². The van der Waals surface area contributed by atoms with E-state index in [1.165, 1.54) is 12.8 Å². The molecule has 3 saturated carbocycles. The standard InChI is InChI=1S/C15H16N2/c16-4-3-10-11-6-12(13(10)7-17)15-9-2-1-8(5-9)14(11)15/h1-2,8-15H,3,5-6H2. The molecule has 0 heterocycles. The summed E-state index contributed by atoms with van der Waals surface area (Å²) in [4.78, 5) is 0. The molecule has 8 unspecified atom stereocenters. The van der Waals surface area contributed by atoms with Gasteiger partial charge in [0.15, 0.2) is 0 Å². The second kappa shape index (κ2) is 3.14. The monoisotopic (exact) mass is 224 g/mol. The first-order valence-corrected chi connectivity index (χ1v) is 6.80. The van der Waals surface area contributed by atoms with Crippen LogP contribution in [0, 0.1) is 70.0 Å². The van der Waals surface area contributed by atoms with Crippen LogP contribution in [0.15, 0.2) is 12.2 Å². The van der Waals surface area contributed by atoms with Gasteiger partial charge in [-0.2, -0.15) is 10.5 Å². The number of fused-ring (bicyclic) bond motifs is 9. The second-order valence-corrected chi connectivity index (χ2v) is 6.35. The number of allylic oxidation sites excluding steroid dienone is 2. The normalized spacial score (nSPS) is 56.8. The van der Waals surface area contributed by atoms with E-state index in [0.29, 0.717) is 24.2 Å². The van der Waals surface area contributed by atoms with E-state index in [-0.39, 0.29) is 5.92 Å². The van der Waals surface area contributed by atoms with Crippen LogP contribution in [-0.4, -0.2) is 0 Å². The van der Waals surface area contributed by atoms with Crippen LogP contribution in [0.25, 0.3) is 0 Å². The molecule has 0 aromatic rings. The fourth-order valence-electron chi connectivity index (χ4n) is 5.74. The molecule has 4 rings (SSSR count). The van der Waals surface area contributed by atoms with Crippen molar-refractivity contribution < 1.29 is 0 Å². The summed E-state index contributed by atoms with van der Waals surface area (Å²) in [5.74, 6) is 4.98. The van der Waals surface area contributed by atoms with Gasteiger partial charge in [-0.15, -0.1) is 0 Å². The van der Waals surface area contributed by atoms with Gasteiger partial charge in [0.05, 0.1) is 18.1 Å². The third-order valence-corrected chi connectivity index (χ3v) is 6.06. The fraction of sp³-hybridized carbons (Fsp3) is 0.733. The number of nitrogens with zero attached hydrogens (tertiary/aromatic N) is 2. The van der Waals surface area contributed by atoms with E-state index in [1.54, 1.807) is 0 Å². The molecular formula is C15H16N2. The van der Waals surface area contributed by atoms with Gasteiger partial charge in [-0.25, -0.2) is 0 Å². The van der Waals surface area contributed by atoms with Crippen LogP contribution >= 0.6 is 0 Å². The molecule has 0 saturated heterocycles. The molecule has 3 fully saturated rings. The van der Waals surface area contributed by atoms with Crippen LogP contribution in [0.2, 0.25) is 0 Å². The Bertz CT molecular complexity index is 466. The average molecular weight is 224 g/mol. The van der Waals surface area contributed by atoms with Crippen LogP contribution in [-0.2, 0) is 0 Å². The Hall–Kier alpha value is -1.28. The summed E-state index contributed by atoms with van der Waals surface area (Å²) in [6.07, 6.45) is 7.98. The Kier molecular flexibility index (Phi) is 1.79. The van der Waals surface area contributed by atoms with Crippen molar-refractivity contribution in [1.29, 1.82) is 10.5 Å². The van der Waals surface area contributed by atoms with Crippen LogP contribution in [0.4, 0.5) is 0 Å². The lowest BCUT2D eigenvalue weighted by molar-refractivity contribution is 0.118. The largest absolute Gasteiger partial charge is 0.198 e. The lowest BCUT2D eigenvalue weighted by Crippen LogP contribution is -2.36. The minimum atomic E-state index is 0.175. The van der Waals surface area contributed by atoms with Crippen molar-refractivity contribution in [2.75, 3.05) is 0 Å². The minimum absolute atomic E-state index is 0.175. The van der Waals surface area contributed by atoms with Crippen LogP contribution in [0.5, 0.6) is 0 Å². The zero-order valence-corrected chi connectivity index (χ0v) is 9.79. The third-order valence-electron chi connectivity index (χ3n) is 6.06. The van der Waals surface area contributed by atoms with E-state index in [4.69, 9.17) is 5.26 Å². The first-order valence-electron chi connectivity index (χ1n) is 6.80. The lowest BCUT2D eigenvalue weighted by Gasteiger charge is -2.38. The first kappa shape index (κ1) is 9.72. The highest BCUT2D eigenvalue weighted by molar-refractivity contribution is 5.24. The van der Waals surface area contributed by atoms with E-state index in [9.17, 15) is 5.26 Å². The van der Waals surface area contributed by atoms with Gasteiger partial charge in [0.25, 0.3) is 0 Å². The van der Waals surface area contributed by atoms with E-state index in [2.05, 4.69) is 24.3 Å². The minimum Gasteiger partial charge on any atom is -0.198 e. The van der Waals surface area contributed by atoms with Gasteiger partial charge in [-0.05, 0) is 54.3 Å². The third kappa shape index (κ3) is 1.00. The maximum atomic E-state index is 9.40. The van der Waals surface area contributed by atoms with Crippen LogP contribution < -0.4 is 0 Å². The van der Waals surface area contributed by atoms with Gasteiger partial charge in [-0.3, -0.25) is 0 Å². The molecule has 4 aliphatic rings. The van der Waals surface area contributed by atoms with E-state index in [1.807, 2.05) is 0 Å². The number of hydrogen-bond acceptors (Lipinski definition) is 2. The van der Waals surface area contributed by atoms with Crippen molar-refractivity contribution >= 4 is 0 Å². The molecule has 0 aromatic carbocycles. The SMILES string of the molecule is N#CCC1C(C#N)C2CC1C1C3C=CC(C3)C21. The van der Waals surface area contributed by atoms with Gasteiger partial charge in [-0.1, -0.05) is 12.2 Å². The number of nitriles is 2. The Morgan fingerprint density at radius 1 is 1.00 bits per heavy atom. The average Bonchev–Trinajstić information content (AvgIpc) is 3.06. The van der Waals surface area contributed by atoms with Crippen LogP contribution in [0.3, 0.4) is 0 Å². The van der Waals surface area contributed by atoms with Crippen molar-refractivity contribution in [3.05, 3.63) is 12.2 Å². The van der Waals surface area contributed by atoms with Crippen molar-refractivity contribution in [3.63, 3.8) is 0 Å².